The number of nitrogens with two attached hydrogens (primary N) is 1. The van der Waals surface area contributed by atoms with Crippen molar-refractivity contribution in [1.29, 1.82) is 0 Å². The molecule has 1 aliphatic rings. The molecule has 2 nitrogen and oxygen atoms in total. The van der Waals surface area contributed by atoms with Gasteiger partial charge in [-0.1, -0.05) is 19.3 Å². The van der Waals surface area contributed by atoms with Crippen molar-refractivity contribution in [3.63, 3.8) is 0 Å². The lowest BCUT2D eigenvalue weighted by Crippen LogP contribution is -2.38. The van der Waals surface area contributed by atoms with Crippen LogP contribution >= 0.6 is 15.9 Å². The summed E-state index contributed by atoms with van der Waals surface area (Å²) in [7, 11) is 0. The summed E-state index contributed by atoms with van der Waals surface area (Å²) in [6.07, 6.45) is 6.17. The summed E-state index contributed by atoms with van der Waals surface area (Å²) < 4.78 is 0.821. The number of halogens is 1. The molecular weight excluding hydrogens is 290 g/mol. The van der Waals surface area contributed by atoms with Gasteiger partial charge in [0, 0.05) is 12.0 Å². The van der Waals surface area contributed by atoms with Crippen molar-refractivity contribution in [2.45, 2.75) is 51.4 Å². The van der Waals surface area contributed by atoms with Crippen molar-refractivity contribution in [2.75, 3.05) is 6.54 Å². The third-order valence-electron chi connectivity index (χ3n) is 4.41. The molecule has 1 aromatic carbocycles. The van der Waals surface area contributed by atoms with E-state index in [1.165, 1.54) is 43.2 Å². The number of hydrogen-bond donors (Lipinski definition) is 2. The van der Waals surface area contributed by atoms with Gasteiger partial charge in [0.2, 0.25) is 0 Å². The van der Waals surface area contributed by atoms with Crippen molar-refractivity contribution < 1.29 is 5.11 Å². The number of rotatable bonds is 2. The fourth-order valence-corrected chi connectivity index (χ4v) is 3.85. The monoisotopic (exact) mass is 311 g/mol. The first-order valence-electron chi connectivity index (χ1n) is 6.71. The van der Waals surface area contributed by atoms with Gasteiger partial charge in [-0.25, -0.2) is 0 Å². The molecule has 3 heteroatoms. The zero-order valence-corrected chi connectivity index (χ0v) is 12.8. The van der Waals surface area contributed by atoms with Crippen molar-refractivity contribution in [2.24, 2.45) is 5.73 Å². The highest BCUT2D eigenvalue weighted by atomic mass is 79.9. The molecule has 1 aliphatic carbocycles. The SMILES string of the molecule is Cc1cc(O)c(Br)c(C)c1C1(CN)CCCCC1. The van der Waals surface area contributed by atoms with Crippen LogP contribution in [0, 0.1) is 13.8 Å². The molecule has 1 fully saturated rings. The van der Waals surface area contributed by atoms with E-state index in [9.17, 15) is 5.11 Å². The van der Waals surface area contributed by atoms with Crippen molar-refractivity contribution in [3.8, 4) is 5.75 Å². The molecule has 2 rings (SSSR count). The van der Waals surface area contributed by atoms with Crippen LogP contribution in [-0.2, 0) is 5.41 Å². The molecule has 1 saturated carbocycles. The zero-order chi connectivity index (χ0) is 13.3. The van der Waals surface area contributed by atoms with Crippen LogP contribution in [0.2, 0.25) is 0 Å². The number of hydrogen-bond acceptors (Lipinski definition) is 2. The van der Waals surface area contributed by atoms with Gasteiger partial charge in [-0.2, -0.15) is 0 Å². The van der Waals surface area contributed by atoms with Crippen LogP contribution in [0.5, 0.6) is 5.75 Å². The number of phenols is 1. The molecule has 0 saturated heterocycles. The van der Waals surface area contributed by atoms with Crippen LogP contribution in [-0.4, -0.2) is 11.7 Å². The average molecular weight is 312 g/mol. The number of phenolic OH excluding ortho intramolecular Hbond substituents is 1. The molecule has 0 spiro atoms. The van der Waals surface area contributed by atoms with E-state index >= 15 is 0 Å². The average Bonchev–Trinajstić information content (AvgIpc) is 2.37. The fourth-order valence-electron chi connectivity index (χ4n) is 3.54. The summed E-state index contributed by atoms with van der Waals surface area (Å²) in [6, 6.07) is 1.86. The van der Waals surface area contributed by atoms with Crippen LogP contribution in [0.1, 0.15) is 48.8 Å². The summed E-state index contributed by atoms with van der Waals surface area (Å²) in [6.45, 7) is 4.87. The molecule has 0 atom stereocenters. The first-order chi connectivity index (χ1) is 8.52. The first kappa shape index (κ1) is 13.9. The second kappa shape index (κ2) is 5.22. The van der Waals surface area contributed by atoms with Gasteiger partial charge in [-0.3, -0.25) is 0 Å². The lowest BCUT2D eigenvalue weighted by Gasteiger charge is -2.39. The maximum atomic E-state index is 9.88. The van der Waals surface area contributed by atoms with Crippen molar-refractivity contribution in [3.05, 3.63) is 27.2 Å². The van der Waals surface area contributed by atoms with Gasteiger partial charge in [0.1, 0.15) is 5.75 Å². The summed E-state index contributed by atoms with van der Waals surface area (Å²) in [5, 5.41) is 9.88. The minimum atomic E-state index is 0.114. The molecule has 18 heavy (non-hydrogen) atoms. The predicted octanol–water partition coefficient (Wildman–Crippen LogP) is 3.93. The van der Waals surface area contributed by atoms with Crippen LogP contribution in [0.3, 0.4) is 0 Å². The first-order valence-corrected chi connectivity index (χ1v) is 7.50. The second-order valence-electron chi connectivity index (χ2n) is 5.57. The molecule has 0 aromatic heterocycles. The van der Waals surface area contributed by atoms with E-state index in [1.54, 1.807) is 0 Å². The normalized spacial score (nSPS) is 18.9. The number of benzene rings is 1. The maximum Gasteiger partial charge on any atom is 0.130 e. The van der Waals surface area contributed by atoms with Crippen LogP contribution in [0.4, 0.5) is 0 Å². The lowest BCUT2D eigenvalue weighted by molar-refractivity contribution is 0.298. The van der Waals surface area contributed by atoms with E-state index < -0.39 is 0 Å². The third kappa shape index (κ3) is 2.19. The maximum absolute atomic E-state index is 9.88. The van der Waals surface area contributed by atoms with E-state index in [-0.39, 0.29) is 5.41 Å². The van der Waals surface area contributed by atoms with E-state index in [4.69, 9.17) is 5.73 Å². The Morgan fingerprint density at radius 2 is 1.89 bits per heavy atom. The van der Waals surface area contributed by atoms with Gasteiger partial charge in [0.25, 0.3) is 0 Å². The minimum Gasteiger partial charge on any atom is -0.507 e. The molecule has 0 amide bonds. The molecule has 0 radical (unpaired) electrons. The molecule has 3 N–H and O–H groups in total. The summed E-state index contributed by atoms with van der Waals surface area (Å²) in [5.41, 5.74) is 9.91. The number of aryl methyl sites for hydroxylation is 1. The quantitative estimate of drug-likeness (QED) is 0.869. The Labute approximate surface area is 118 Å². The Bertz CT molecular complexity index is 450. The molecule has 100 valence electrons. The van der Waals surface area contributed by atoms with Crippen molar-refractivity contribution >= 4 is 15.9 Å². The summed E-state index contributed by atoms with van der Waals surface area (Å²) in [5.74, 6) is 0.330. The largest absolute Gasteiger partial charge is 0.507 e. The molecule has 0 heterocycles. The third-order valence-corrected chi connectivity index (χ3v) is 5.41. The Morgan fingerprint density at radius 1 is 1.28 bits per heavy atom. The van der Waals surface area contributed by atoms with E-state index in [0.717, 1.165) is 10.0 Å². The Balaban J connectivity index is 2.58. The van der Waals surface area contributed by atoms with E-state index in [0.29, 0.717) is 12.3 Å². The highest BCUT2D eigenvalue weighted by Crippen LogP contribution is 2.45. The van der Waals surface area contributed by atoms with Gasteiger partial charge >= 0.3 is 0 Å². The Morgan fingerprint density at radius 3 is 2.44 bits per heavy atom. The van der Waals surface area contributed by atoms with Gasteiger partial charge in [-0.15, -0.1) is 0 Å². The smallest absolute Gasteiger partial charge is 0.130 e. The van der Waals surface area contributed by atoms with Crippen molar-refractivity contribution in [1.82, 2.24) is 0 Å². The molecule has 0 bridgehead atoms. The Hall–Kier alpha value is -0.540. The molecule has 1 aromatic rings. The van der Waals surface area contributed by atoms with Crippen LogP contribution in [0.25, 0.3) is 0 Å². The summed E-state index contributed by atoms with van der Waals surface area (Å²) in [4.78, 5) is 0. The van der Waals surface area contributed by atoms with Gasteiger partial charge in [-0.05, 0) is 65.4 Å². The van der Waals surface area contributed by atoms with Gasteiger partial charge < -0.3 is 10.8 Å². The van der Waals surface area contributed by atoms with Crippen LogP contribution < -0.4 is 5.73 Å². The Kier molecular flexibility index (Phi) is 4.02. The van der Waals surface area contributed by atoms with Gasteiger partial charge in [0.05, 0.1) is 4.47 Å². The molecule has 0 unspecified atom stereocenters. The minimum absolute atomic E-state index is 0.114. The van der Waals surface area contributed by atoms with E-state index in [2.05, 4.69) is 29.8 Å². The molecular formula is C15H22BrNO. The second-order valence-corrected chi connectivity index (χ2v) is 6.36. The van der Waals surface area contributed by atoms with E-state index in [1.807, 2.05) is 6.07 Å². The standard InChI is InChI=1S/C15H22BrNO/c1-10-8-12(18)14(16)11(2)13(10)15(9-17)6-4-3-5-7-15/h8,18H,3-7,9,17H2,1-2H3. The van der Waals surface area contributed by atoms with Crippen LogP contribution in [0.15, 0.2) is 10.5 Å². The number of aromatic hydroxyl groups is 1. The molecule has 0 aliphatic heterocycles. The zero-order valence-electron chi connectivity index (χ0n) is 11.2. The highest BCUT2D eigenvalue weighted by Gasteiger charge is 2.35. The highest BCUT2D eigenvalue weighted by molar-refractivity contribution is 9.10. The predicted molar refractivity (Wildman–Crippen MR) is 79.1 cm³/mol. The van der Waals surface area contributed by atoms with Gasteiger partial charge in [0.15, 0.2) is 0 Å². The topological polar surface area (TPSA) is 46.2 Å². The fraction of sp³-hybridized carbons (Fsp3) is 0.600. The lowest BCUT2D eigenvalue weighted by atomic mass is 9.67. The summed E-state index contributed by atoms with van der Waals surface area (Å²) >= 11 is 3.49.